The summed E-state index contributed by atoms with van der Waals surface area (Å²) in [5.74, 6) is -0.156. The number of aliphatic hydroxyl groups is 1. The smallest absolute Gasteiger partial charge is 0.272 e. The quantitative estimate of drug-likeness (QED) is 0.874. The fourth-order valence-electron chi connectivity index (χ4n) is 3.37. The Hall–Kier alpha value is -2.18. The van der Waals surface area contributed by atoms with E-state index in [1.807, 2.05) is 49.7 Å². The summed E-state index contributed by atoms with van der Waals surface area (Å²) >= 11 is 0. The second-order valence-corrected chi connectivity index (χ2v) is 6.48. The molecule has 1 aliphatic heterocycles. The van der Waals surface area contributed by atoms with E-state index in [2.05, 4.69) is 10.4 Å². The summed E-state index contributed by atoms with van der Waals surface area (Å²) in [6, 6.07) is 7.53. The Bertz CT molecular complexity index is 752. The standard InChI is InChI=1S/C19H25N3O3/c1-4-22-18-13(3)25-12(2)9-16(18)17(21-22)19(24)20-10-14-5-7-15(11-23)8-6-14/h5-8,12-13,23H,4,9-11H2,1-3H3,(H,20,24)/t12-,13+/m1/s1. The van der Waals surface area contributed by atoms with Gasteiger partial charge in [-0.05, 0) is 31.9 Å². The number of hydrogen-bond donors (Lipinski definition) is 2. The largest absolute Gasteiger partial charge is 0.392 e. The monoisotopic (exact) mass is 343 g/mol. The number of aliphatic hydroxyl groups excluding tert-OH is 1. The number of nitrogens with zero attached hydrogens (tertiary/aromatic N) is 2. The lowest BCUT2D eigenvalue weighted by Crippen LogP contribution is -2.27. The van der Waals surface area contributed by atoms with Crippen LogP contribution in [0.25, 0.3) is 0 Å². The average molecular weight is 343 g/mol. The molecule has 0 bridgehead atoms. The highest BCUT2D eigenvalue weighted by Gasteiger charge is 2.31. The number of hydrogen-bond acceptors (Lipinski definition) is 4. The van der Waals surface area contributed by atoms with Gasteiger partial charge in [0.25, 0.3) is 5.91 Å². The van der Waals surface area contributed by atoms with Crippen LogP contribution in [0.2, 0.25) is 0 Å². The highest BCUT2D eigenvalue weighted by Crippen LogP contribution is 2.32. The van der Waals surface area contributed by atoms with Crippen molar-refractivity contribution in [3.63, 3.8) is 0 Å². The number of benzene rings is 1. The minimum Gasteiger partial charge on any atom is -0.392 e. The molecule has 0 aliphatic carbocycles. The molecule has 1 aromatic heterocycles. The highest BCUT2D eigenvalue weighted by molar-refractivity contribution is 5.94. The molecule has 0 radical (unpaired) electrons. The lowest BCUT2D eigenvalue weighted by molar-refractivity contribution is -0.00948. The predicted octanol–water partition coefficient (Wildman–Crippen LogP) is 2.35. The molecule has 6 heteroatoms. The molecule has 0 saturated heterocycles. The van der Waals surface area contributed by atoms with Crippen molar-refractivity contribution in [3.05, 3.63) is 52.3 Å². The third kappa shape index (κ3) is 3.60. The average Bonchev–Trinajstić information content (AvgIpc) is 2.99. The molecule has 2 atom stereocenters. The molecule has 25 heavy (non-hydrogen) atoms. The van der Waals surface area contributed by atoms with Crippen molar-refractivity contribution in [1.82, 2.24) is 15.1 Å². The minimum absolute atomic E-state index is 0.0195. The number of aromatic nitrogens is 2. The second-order valence-electron chi connectivity index (χ2n) is 6.48. The molecule has 2 heterocycles. The summed E-state index contributed by atoms with van der Waals surface area (Å²) < 4.78 is 7.76. The summed E-state index contributed by atoms with van der Waals surface area (Å²) in [5, 5.41) is 16.6. The van der Waals surface area contributed by atoms with Gasteiger partial charge in [-0.2, -0.15) is 5.10 Å². The number of aryl methyl sites for hydroxylation is 1. The molecule has 1 aliphatic rings. The number of fused-ring (bicyclic) bond motifs is 1. The van der Waals surface area contributed by atoms with Crippen LogP contribution in [0.15, 0.2) is 24.3 Å². The highest BCUT2D eigenvalue weighted by atomic mass is 16.5. The molecule has 0 spiro atoms. The Balaban J connectivity index is 1.77. The van der Waals surface area contributed by atoms with Gasteiger partial charge >= 0.3 is 0 Å². The lowest BCUT2D eigenvalue weighted by Gasteiger charge is -2.26. The van der Waals surface area contributed by atoms with Crippen LogP contribution in [-0.2, 0) is 30.9 Å². The van der Waals surface area contributed by atoms with Crippen LogP contribution in [0, 0.1) is 0 Å². The number of amides is 1. The Morgan fingerprint density at radius 3 is 2.64 bits per heavy atom. The van der Waals surface area contributed by atoms with E-state index < -0.39 is 0 Å². The van der Waals surface area contributed by atoms with Crippen molar-refractivity contribution < 1.29 is 14.6 Å². The maximum Gasteiger partial charge on any atom is 0.272 e. The zero-order valence-electron chi connectivity index (χ0n) is 15.0. The molecular weight excluding hydrogens is 318 g/mol. The first-order valence-electron chi connectivity index (χ1n) is 8.75. The van der Waals surface area contributed by atoms with E-state index in [9.17, 15) is 4.79 Å². The number of nitrogens with one attached hydrogen (secondary N) is 1. The molecule has 2 N–H and O–H groups in total. The van der Waals surface area contributed by atoms with Crippen LogP contribution < -0.4 is 5.32 Å². The van der Waals surface area contributed by atoms with Gasteiger partial charge in [-0.1, -0.05) is 24.3 Å². The predicted molar refractivity (Wildman–Crippen MR) is 94.1 cm³/mol. The number of ether oxygens (including phenoxy) is 1. The van der Waals surface area contributed by atoms with Gasteiger partial charge in [-0.3, -0.25) is 9.48 Å². The number of carbonyl (C=O) groups is 1. The first-order chi connectivity index (χ1) is 12.0. The summed E-state index contributed by atoms with van der Waals surface area (Å²) in [7, 11) is 0. The second kappa shape index (κ2) is 7.37. The molecule has 2 aromatic rings. The zero-order valence-corrected chi connectivity index (χ0v) is 15.0. The topological polar surface area (TPSA) is 76.4 Å². The third-order valence-electron chi connectivity index (χ3n) is 4.58. The van der Waals surface area contributed by atoms with Crippen molar-refractivity contribution in [2.75, 3.05) is 0 Å². The van der Waals surface area contributed by atoms with E-state index in [1.54, 1.807) is 0 Å². The summed E-state index contributed by atoms with van der Waals surface area (Å²) in [6.45, 7) is 7.20. The van der Waals surface area contributed by atoms with E-state index >= 15 is 0 Å². The summed E-state index contributed by atoms with van der Waals surface area (Å²) in [6.07, 6.45) is 0.724. The Morgan fingerprint density at radius 1 is 1.32 bits per heavy atom. The Kier molecular flexibility index (Phi) is 5.20. The van der Waals surface area contributed by atoms with Crippen LogP contribution in [0.3, 0.4) is 0 Å². The molecule has 0 unspecified atom stereocenters. The SMILES string of the molecule is CCn1nc(C(=O)NCc2ccc(CO)cc2)c2c1[C@H](C)O[C@H](C)C2. The first-order valence-corrected chi connectivity index (χ1v) is 8.75. The van der Waals surface area contributed by atoms with Crippen LogP contribution in [0.5, 0.6) is 0 Å². The van der Waals surface area contributed by atoms with Crippen molar-refractivity contribution in [3.8, 4) is 0 Å². The number of rotatable bonds is 5. The van der Waals surface area contributed by atoms with Gasteiger partial charge < -0.3 is 15.2 Å². The Morgan fingerprint density at radius 2 is 2.00 bits per heavy atom. The van der Waals surface area contributed by atoms with Gasteiger partial charge in [0.2, 0.25) is 0 Å². The molecule has 1 amide bonds. The van der Waals surface area contributed by atoms with Crippen LogP contribution in [0.4, 0.5) is 0 Å². The van der Waals surface area contributed by atoms with Crippen molar-refractivity contribution in [2.45, 2.75) is 59.1 Å². The number of carbonyl (C=O) groups excluding carboxylic acids is 1. The van der Waals surface area contributed by atoms with E-state index in [0.29, 0.717) is 25.2 Å². The fourth-order valence-corrected chi connectivity index (χ4v) is 3.37. The van der Waals surface area contributed by atoms with E-state index in [-0.39, 0.29) is 24.7 Å². The summed E-state index contributed by atoms with van der Waals surface area (Å²) in [5.41, 5.74) is 4.36. The van der Waals surface area contributed by atoms with E-state index in [0.717, 1.165) is 22.4 Å². The molecule has 0 fully saturated rings. The lowest BCUT2D eigenvalue weighted by atomic mass is 9.99. The molecular formula is C19H25N3O3. The van der Waals surface area contributed by atoms with Crippen molar-refractivity contribution in [1.29, 1.82) is 0 Å². The first kappa shape index (κ1) is 17.6. The van der Waals surface area contributed by atoms with Crippen molar-refractivity contribution >= 4 is 5.91 Å². The molecule has 1 aromatic carbocycles. The zero-order chi connectivity index (χ0) is 18.0. The molecule has 0 saturated carbocycles. The molecule has 3 rings (SSSR count). The Labute approximate surface area is 147 Å². The van der Waals surface area contributed by atoms with Gasteiger partial charge in [-0.25, -0.2) is 0 Å². The van der Waals surface area contributed by atoms with Gasteiger partial charge in [0.1, 0.15) is 0 Å². The maximum absolute atomic E-state index is 12.7. The molecule has 6 nitrogen and oxygen atoms in total. The van der Waals surface area contributed by atoms with Gasteiger partial charge in [-0.15, -0.1) is 0 Å². The maximum atomic E-state index is 12.7. The van der Waals surface area contributed by atoms with E-state index in [1.165, 1.54) is 0 Å². The fraction of sp³-hybridized carbons (Fsp3) is 0.474. The third-order valence-corrected chi connectivity index (χ3v) is 4.58. The van der Waals surface area contributed by atoms with E-state index in [4.69, 9.17) is 9.84 Å². The van der Waals surface area contributed by atoms with Gasteiger partial charge in [0.05, 0.1) is 24.5 Å². The molecule has 134 valence electrons. The van der Waals surface area contributed by atoms with Crippen LogP contribution in [-0.4, -0.2) is 26.9 Å². The van der Waals surface area contributed by atoms with Crippen LogP contribution >= 0.6 is 0 Å². The van der Waals surface area contributed by atoms with Crippen LogP contribution in [0.1, 0.15) is 59.7 Å². The normalized spacial score (nSPS) is 19.5. The summed E-state index contributed by atoms with van der Waals surface area (Å²) in [4.78, 5) is 12.7. The minimum atomic E-state index is -0.156. The van der Waals surface area contributed by atoms with Gasteiger partial charge in [0.15, 0.2) is 5.69 Å². The van der Waals surface area contributed by atoms with Crippen molar-refractivity contribution in [2.24, 2.45) is 0 Å². The van der Waals surface area contributed by atoms with Gasteiger partial charge in [0, 0.05) is 25.1 Å².